The van der Waals surface area contributed by atoms with E-state index in [4.69, 9.17) is 9.47 Å². The molecule has 0 saturated carbocycles. The number of carbonyl (C=O) groups is 1. The lowest BCUT2D eigenvalue weighted by Crippen LogP contribution is -2.45. The third-order valence-electron chi connectivity index (χ3n) is 3.88. The molecule has 27 heavy (non-hydrogen) atoms. The van der Waals surface area contributed by atoms with Gasteiger partial charge in [-0.2, -0.15) is 0 Å². The Labute approximate surface area is 156 Å². The highest BCUT2D eigenvalue weighted by molar-refractivity contribution is 7.92. The summed E-state index contributed by atoms with van der Waals surface area (Å²) >= 11 is 0. The summed E-state index contributed by atoms with van der Waals surface area (Å²) in [6.45, 7) is -0.0582. The number of carbonyl (C=O) groups excluding carboxylic acids is 1. The maximum Gasteiger partial charge on any atom is 0.240 e. The molecule has 144 valence electrons. The third-order valence-corrected chi connectivity index (χ3v) is 5.02. The number of halogens is 1. The fraction of sp³-hybridized carbons (Fsp3) is 0.278. The Balaban J connectivity index is 1.60. The van der Waals surface area contributed by atoms with Gasteiger partial charge in [0.15, 0.2) is 11.5 Å². The summed E-state index contributed by atoms with van der Waals surface area (Å²) in [4.78, 5) is 12.2. The number of anilines is 1. The van der Waals surface area contributed by atoms with E-state index >= 15 is 0 Å². The van der Waals surface area contributed by atoms with E-state index in [9.17, 15) is 17.6 Å². The number of fused-ring (bicyclic) bond motifs is 1. The number of hydrogen-bond acceptors (Lipinski definition) is 5. The van der Waals surface area contributed by atoms with Crippen molar-refractivity contribution in [2.75, 3.05) is 30.3 Å². The molecule has 1 atom stereocenters. The van der Waals surface area contributed by atoms with E-state index in [1.807, 2.05) is 12.1 Å². The molecular weight excluding hydrogens is 375 g/mol. The quantitative estimate of drug-likeness (QED) is 0.804. The second-order valence-corrected chi connectivity index (χ2v) is 7.96. The predicted octanol–water partition coefficient (Wildman–Crippen LogP) is 1.55. The van der Waals surface area contributed by atoms with Crippen LogP contribution in [0.3, 0.4) is 0 Å². The fourth-order valence-electron chi connectivity index (χ4n) is 2.61. The number of nitrogens with one attached hydrogen (secondary N) is 1. The van der Waals surface area contributed by atoms with Crippen LogP contribution in [0, 0.1) is 5.82 Å². The van der Waals surface area contributed by atoms with E-state index in [0.29, 0.717) is 11.5 Å². The van der Waals surface area contributed by atoms with Gasteiger partial charge in [-0.1, -0.05) is 18.2 Å². The molecule has 0 aliphatic carbocycles. The Hall–Kier alpha value is -2.81. The van der Waals surface area contributed by atoms with Crippen LogP contribution in [0.5, 0.6) is 11.5 Å². The molecule has 0 spiro atoms. The van der Waals surface area contributed by atoms with Gasteiger partial charge in [0.25, 0.3) is 0 Å². The molecule has 0 fully saturated rings. The van der Waals surface area contributed by atoms with Crippen molar-refractivity contribution in [2.45, 2.75) is 6.10 Å². The first-order valence-corrected chi connectivity index (χ1v) is 10.1. The van der Waals surface area contributed by atoms with Crippen molar-refractivity contribution in [3.05, 3.63) is 54.3 Å². The normalized spacial score (nSPS) is 15.9. The molecule has 2 aromatic carbocycles. The van der Waals surface area contributed by atoms with E-state index in [0.717, 1.165) is 16.6 Å². The molecule has 1 heterocycles. The molecule has 0 bridgehead atoms. The molecule has 0 aromatic heterocycles. The Morgan fingerprint density at radius 2 is 1.96 bits per heavy atom. The van der Waals surface area contributed by atoms with Crippen molar-refractivity contribution >= 4 is 21.6 Å². The van der Waals surface area contributed by atoms with Crippen molar-refractivity contribution in [3.63, 3.8) is 0 Å². The van der Waals surface area contributed by atoms with Crippen molar-refractivity contribution < 1.29 is 27.1 Å². The Kier molecular flexibility index (Phi) is 5.50. The molecule has 0 saturated heterocycles. The molecule has 2 aromatic rings. The Bertz CT molecular complexity index is 935. The van der Waals surface area contributed by atoms with Gasteiger partial charge >= 0.3 is 0 Å². The minimum atomic E-state index is -3.76. The lowest BCUT2D eigenvalue weighted by atomic mass is 10.2. The van der Waals surface area contributed by atoms with Gasteiger partial charge in [-0.05, 0) is 30.3 Å². The maximum atomic E-state index is 13.4. The monoisotopic (exact) mass is 394 g/mol. The van der Waals surface area contributed by atoms with Gasteiger partial charge in [0.05, 0.1) is 18.5 Å². The van der Waals surface area contributed by atoms with Gasteiger partial charge in [-0.15, -0.1) is 0 Å². The van der Waals surface area contributed by atoms with Gasteiger partial charge in [0.2, 0.25) is 15.9 Å². The number of sulfonamides is 1. The molecular formula is C18H19FN2O5S. The topological polar surface area (TPSA) is 84.9 Å². The Morgan fingerprint density at radius 3 is 2.67 bits per heavy atom. The van der Waals surface area contributed by atoms with Crippen LogP contribution in [0.25, 0.3) is 0 Å². The first-order chi connectivity index (χ1) is 12.8. The van der Waals surface area contributed by atoms with Crippen LogP contribution in [-0.2, 0) is 14.8 Å². The standard InChI is InChI=1S/C18H19FN2O5S/c1-27(23,24)21(14-6-4-5-13(19)9-14)11-18(22)20-10-15-12-25-16-7-2-3-8-17(16)26-15/h2-9,15H,10-12H2,1H3,(H,20,22)/t15-/m0/s1. The number of amides is 1. The smallest absolute Gasteiger partial charge is 0.240 e. The van der Waals surface area contributed by atoms with Crippen LogP contribution in [0.15, 0.2) is 48.5 Å². The van der Waals surface area contributed by atoms with Crippen molar-refractivity contribution in [3.8, 4) is 11.5 Å². The number of benzene rings is 2. The summed E-state index contributed by atoms with van der Waals surface area (Å²) in [5, 5.41) is 2.63. The molecule has 3 rings (SSSR count). The van der Waals surface area contributed by atoms with E-state index < -0.39 is 34.4 Å². The molecule has 1 amide bonds. The third kappa shape index (κ3) is 4.88. The average Bonchev–Trinajstić information content (AvgIpc) is 2.63. The van der Waals surface area contributed by atoms with Crippen LogP contribution in [0.2, 0.25) is 0 Å². The lowest BCUT2D eigenvalue weighted by Gasteiger charge is -2.27. The number of nitrogens with zero attached hydrogens (tertiary/aromatic N) is 1. The molecule has 0 radical (unpaired) electrons. The van der Waals surface area contributed by atoms with Crippen LogP contribution in [0.1, 0.15) is 0 Å². The summed E-state index contributed by atoms with van der Waals surface area (Å²) in [6.07, 6.45) is 0.560. The number of hydrogen-bond donors (Lipinski definition) is 1. The largest absolute Gasteiger partial charge is 0.486 e. The van der Waals surface area contributed by atoms with Gasteiger partial charge in [0.1, 0.15) is 25.1 Å². The maximum absolute atomic E-state index is 13.4. The van der Waals surface area contributed by atoms with Crippen LogP contribution < -0.4 is 19.1 Å². The predicted molar refractivity (Wildman–Crippen MR) is 98.0 cm³/mol. The summed E-state index contributed by atoms with van der Waals surface area (Å²) in [7, 11) is -3.76. The van der Waals surface area contributed by atoms with Crippen LogP contribution >= 0.6 is 0 Å². The summed E-state index contributed by atoms with van der Waals surface area (Å²) in [5.41, 5.74) is 0.0822. The Morgan fingerprint density at radius 1 is 1.22 bits per heavy atom. The number of para-hydroxylation sites is 2. The zero-order chi connectivity index (χ0) is 19.4. The van der Waals surface area contributed by atoms with E-state index in [2.05, 4.69) is 5.32 Å². The molecule has 1 aliphatic heterocycles. The van der Waals surface area contributed by atoms with Crippen LogP contribution in [0.4, 0.5) is 10.1 Å². The zero-order valence-electron chi connectivity index (χ0n) is 14.6. The van der Waals surface area contributed by atoms with Crippen LogP contribution in [-0.4, -0.2) is 46.4 Å². The lowest BCUT2D eigenvalue weighted by molar-refractivity contribution is -0.120. The summed E-state index contributed by atoms with van der Waals surface area (Å²) < 4.78 is 49.6. The van der Waals surface area contributed by atoms with Crippen molar-refractivity contribution in [1.29, 1.82) is 0 Å². The highest BCUT2D eigenvalue weighted by atomic mass is 32.2. The minimum absolute atomic E-state index is 0.0822. The van der Waals surface area contributed by atoms with Gasteiger partial charge in [-0.25, -0.2) is 12.8 Å². The number of ether oxygens (including phenoxy) is 2. The molecule has 7 nitrogen and oxygen atoms in total. The highest BCUT2D eigenvalue weighted by Gasteiger charge is 2.24. The second kappa shape index (κ2) is 7.83. The van der Waals surface area contributed by atoms with Crippen molar-refractivity contribution in [1.82, 2.24) is 5.32 Å². The highest BCUT2D eigenvalue weighted by Crippen LogP contribution is 2.30. The fourth-order valence-corrected chi connectivity index (χ4v) is 3.46. The van der Waals surface area contributed by atoms with Gasteiger partial charge in [0, 0.05) is 0 Å². The van der Waals surface area contributed by atoms with E-state index in [-0.39, 0.29) is 18.8 Å². The van der Waals surface area contributed by atoms with E-state index in [1.165, 1.54) is 18.2 Å². The first kappa shape index (κ1) is 19.0. The number of rotatable bonds is 6. The van der Waals surface area contributed by atoms with Crippen molar-refractivity contribution in [2.24, 2.45) is 0 Å². The molecule has 0 unspecified atom stereocenters. The summed E-state index contributed by atoms with van der Waals surface area (Å²) in [5.74, 6) is 0.0927. The summed E-state index contributed by atoms with van der Waals surface area (Å²) in [6, 6.07) is 12.2. The van der Waals surface area contributed by atoms with Gasteiger partial charge in [-0.3, -0.25) is 9.10 Å². The zero-order valence-corrected chi connectivity index (χ0v) is 15.4. The average molecular weight is 394 g/mol. The molecule has 9 heteroatoms. The molecule has 1 N–H and O–H groups in total. The minimum Gasteiger partial charge on any atom is -0.486 e. The second-order valence-electron chi connectivity index (χ2n) is 6.05. The van der Waals surface area contributed by atoms with Gasteiger partial charge < -0.3 is 14.8 Å². The SMILES string of the molecule is CS(=O)(=O)N(CC(=O)NC[C@H]1COc2ccccc2O1)c1cccc(F)c1. The first-order valence-electron chi connectivity index (χ1n) is 8.21. The molecule has 1 aliphatic rings. The van der Waals surface area contributed by atoms with E-state index in [1.54, 1.807) is 12.1 Å².